The lowest BCUT2D eigenvalue weighted by Gasteiger charge is -2.11. The first-order valence-corrected chi connectivity index (χ1v) is 4.71. The van der Waals surface area contributed by atoms with Crippen molar-refractivity contribution in [3.8, 4) is 0 Å². The first-order valence-electron chi connectivity index (χ1n) is 4.71. The third-order valence-corrected chi connectivity index (χ3v) is 2.04. The van der Waals surface area contributed by atoms with Gasteiger partial charge >= 0.3 is 0 Å². The molecule has 0 saturated heterocycles. The predicted molar refractivity (Wildman–Crippen MR) is 56.3 cm³/mol. The van der Waals surface area contributed by atoms with Gasteiger partial charge in [-0.2, -0.15) is 0 Å². The lowest BCUT2D eigenvalue weighted by atomic mass is 9.96. The average molecular weight is 167 g/mol. The van der Waals surface area contributed by atoms with Crippen LogP contribution in [0.15, 0.2) is 25.3 Å². The Hall–Kier alpha value is -0.560. The Morgan fingerprint density at radius 3 is 2.25 bits per heavy atom. The third kappa shape index (κ3) is 6.17. The monoisotopic (exact) mass is 167 g/mol. The Kier molecular flexibility index (Phi) is 8.14. The van der Waals surface area contributed by atoms with Gasteiger partial charge < -0.3 is 5.32 Å². The van der Waals surface area contributed by atoms with E-state index < -0.39 is 0 Å². The lowest BCUT2D eigenvalue weighted by Crippen LogP contribution is -2.09. The summed E-state index contributed by atoms with van der Waals surface area (Å²) in [5.41, 5.74) is 0. The lowest BCUT2D eigenvalue weighted by molar-refractivity contribution is 0.473. The topological polar surface area (TPSA) is 12.0 Å². The molecule has 0 aliphatic heterocycles. The minimum absolute atomic E-state index is 0.758. The molecule has 1 nitrogen and oxygen atoms in total. The quantitative estimate of drug-likeness (QED) is 0.433. The van der Waals surface area contributed by atoms with Crippen LogP contribution in [0.1, 0.15) is 25.7 Å². The Morgan fingerprint density at radius 2 is 1.83 bits per heavy atom. The Labute approximate surface area is 76.6 Å². The molecule has 0 aliphatic carbocycles. The fraction of sp³-hybridized carbons (Fsp3) is 0.636. The minimum atomic E-state index is 0.758. The molecule has 0 bridgehead atoms. The highest BCUT2D eigenvalue weighted by Crippen LogP contribution is 2.15. The van der Waals surface area contributed by atoms with Crippen LogP contribution in [0.3, 0.4) is 0 Å². The first-order chi connectivity index (χ1) is 5.85. The van der Waals surface area contributed by atoms with Gasteiger partial charge in [0.15, 0.2) is 0 Å². The van der Waals surface area contributed by atoms with Gasteiger partial charge in [0, 0.05) is 0 Å². The van der Waals surface area contributed by atoms with E-state index in [1.54, 1.807) is 0 Å². The van der Waals surface area contributed by atoms with E-state index in [0.717, 1.165) is 25.3 Å². The van der Waals surface area contributed by atoms with Crippen molar-refractivity contribution in [2.45, 2.75) is 25.7 Å². The van der Waals surface area contributed by atoms with Crippen molar-refractivity contribution in [2.24, 2.45) is 5.92 Å². The maximum absolute atomic E-state index is 3.76. The fourth-order valence-electron chi connectivity index (χ4n) is 1.37. The fourth-order valence-corrected chi connectivity index (χ4v) is 1.37. The van der Waals surface area contributed by atoms with E-state index in [0.29, 0.717) is 0 Å². The van der Waals surface area contributed by atoms with Gasteiger partial charge in [0.05, 0.1) is 0 Å². The molecular weight excluding hydrogens is 146 g/mol. The molecule has 1 heteroatoms. The second kappa shape index (κ2) is 8.54. The van der Waals surface area contributed by atoms with Crippen molar-refractivity contribution >= 4 is 0 Å². The molecule has 12 heavy (non-hydrogen) atoms. The summed E-state index contributed by atoms with van der Waals surface area (Å²) >= 11 is 0. The molecular formula is C11H21N. The molecule has 0 atom stereocenters. The highest BCUT2D eigenvalue weighted by atomic mass is 14.8. The van der Waals surface area contributed by atoms with E-state index in [1.807, 2.05) is 19.2 Å². The van der Waals surface area contributed by atoms with Gasteiger partial charge in [-0.1, -0.05) is 12.2 Å². The van der Waals surface area contributed by atoms with Crippen molar-refractivity contribution in [3.05, 3.63) is 25.3 Å². The van der Waals surface area contributed by atoms with Gasteiger partial charge in [0.1, 0.15) is 0 Å². The molecule has 0 rings (SSSR count). The molecule has 0 radical (unpaired) electrons. The molecule has 0 aromatic heterocycles. The number of hydrogen-bond donors (Lipinski definition) is 1. The van der Waals surface area contributed by atoms with Crippen molar-refractivity contribution < 1.29 is 0 Å². The van der Waals surface area contributed by atoms with Crippen LogP contribution in [0.25, 0.3) is 0 Å². The zero-order chi connectivity index (χ0) is 9.23. The highest BCUT2D eigenvalue weighted by Gasteiger charge is 2.03. The minimum Gasteiger partial charge on any atom is -0.320 e. The molecule has 0 aromatic rings. The molecule has 0 spiro atoms. The molecule has 70 valence electrons. The molecule has 0 saturated carbocycles. The van der Waals surface area contributed by atoms with Crippen molar-refractivity contribution in [1.82, 2.24) is 5.32 Å². The molecule has 0 aliphatic rings. The van der Waals surface area contributed by atoms with Crippen molar-refractivity contribution in [1.29, 1.82) is 0 Å². The first kappa shape index (κ1) is 11.4. The Morgan fingerprint density at radius 1 is 1.25 bits per heavy atom. The second-order valence-electron chi connectivity index (χ2n) is 3.16. The molecule has 0 unspecified atom stereocenters. The van der Waals surface area contributed by atoms with Gasteiger partial charge in [-0.25, -0.2) is 0 Å². The Balaban J connectivity index is 3.47. The molecule has 0 heterocycles. The van der Waals surface area contributed by atoms with Crippen LogP contribution in [0.4, 0.5) is 0 Å². The van der Waals surface area contributed by atoms with E-state index in [2.05, 4.69) is 18.5 Å². The van der Waals surface area contributed by atoms with E-state index in [-0.39, 0.29) is 0 Å². The van der Waals surface area contributed by atoms with Crippen LogP contribution in [0.2, 0.25) is 0 Å². The molecule has 0 amide bonds. The maximum atomic E-state index is 3.76. The SMILES string of the molecule is C=CCC(CC=C)CCCNC. The van der Waals surface area contributed by atoms with Gasteiger partial charge in [-0.15, -0.1) is 13.2 Å². The van der Waals surface area contributed by atoms with Crippen LogP contribution in [-0.2, 0) is 0 Å². The summed E-state index contributed by atoms with van der Waals surface area (Å²) in [6.07, 6.45) is 8.79. The maximum Gasteiger partial charge on any atom is -0.00518 e. The summed E-state index contributed by atoms with van der Waals surface area (Å²) in [7, 11) is 2.00. The summed E-state index contributed by atoms with van der Waals surface area (Å²) in [6, 6.07) is 0. The van der Waals surface area contributed by atoms with Crippen molar-refractivity contribution in [2.75, 3.05) is 13.6 Å². The number of rotatable bonds is 8. The summed E-state index contributed by atoms with van der Waals surface area (Å²) in [5.74, 6) is 0.758. The summed E-state index contributed by atoms with van der Waals surface area (Å²) < 4.78 is 0. The van der Waals surface area contributed by atoms with E-state index in [1.165, 1.54) is 12.8 Å². The van der Waals surface area contributed by atoms with E-state index in [4.69, 9.17) is 0 Å². The van der Waals surface area contributed by atoms with Gasteiger partial charge in [-0.05, 0) is 45.2 Å². The molecule has 0 fully saturated rings. The van der Waals surface area contributed by atoms with Gasteiger partial charge in [0.25, 0.3) is 0 Å². The summed E-state index contributed by atoms with van der Waals surface area (Å²) in [5, 5.41) is 3.16. The van der Waals surface area contributed by atoms with Crippen LogP contribution in [0, 0.1) is 5.92 Å². The zero-order valence-electron chi connectivity index (χ0n) is 8.18. The number of nitrogens with one attached hydrogen (secondary N) is 1. The number of allylic oxidation sites excluding steroid dienone is 2. The predicted octanol–water partition coefficient (Wildman–Crippen LogP) is 2.75. The van der Waals surface area contributed by atoms with Crippen LogP contribution in [-0.4, -0.2) is 13.6 Å². The smallest absolute Gasteiger partial charge is 0.00518 e. The van der Waals surface area contributed by atoms with E-state index >= 15 is 0 Å². The van der Waals surface area contributed by atoms with Gasteiger partial charge in [0.2, 0.25) is 0 Å². The Bertz CT molecular complexity index is 108. The summed E-state index contributed by atoms with van der Waals surface area (Å²) in [6.45, 7) is 8.64. The van der Waals surface area contributed by atoms with Gasteiger partial charge in [-0.3, -0.25) is 0 Å². The number of hydrogen-bond acceptors (Lipinski definition) is 1. The summed E-state index contributed by atoms with van der Waals surface area (Å²) in [4.78, 5) is 0. The standard InChI is InChI=1S/C11H21N/c1-4-7-11(8-5-2)9-6-10-12-3/h4-5,11-12H,1-2,6-10H2,3H3. The third-order valence-electron chi connectivity index (χ3n) is 2.04. The van der Waals surface area contributed by atoms with Crippen LogP contribution < -0.4 is 5.32 Å². The van der Waals surface area contributed by atoms with Crippen LogP contribution in [0.5, 0.6) is 0 Å². The normalized spacial score (nSPS) is 10.2. The largest absolute Gasteiger partial charge is 0.320 e. The highest BCUT2D eigenvalue weighted by molar-refractivity contribution is 4.79. The van der Waals surface area contributed by atoms with Crippen molar-refractivity contribution in [3.63, 3.8) is 0 Å². The van der Waals surface area contributed by atoms with Crippen LogP contribution >= 0.6 is 0 Å². The van der Waals surface area contributed by atoms with E-state index in [9.17, 15) is 0 Å². The molecule has 1 N–H and O–H groups in total. The second-order valence-corrected chi connectivity index (χ2v) is 3.16. The zero-order valence-corrected chi connectivity index (χ0v) is 8.18. The average Bonchev–Trinajstić information content (AvgIpc) is 2.06. The molecule has 0 aromatic carbocycles.